The van der Waals surface area contributed by atoms with E-state index in [1.165, 1.54) is 10.4 Å². The van der Waals surface area contributed by atoms with Crippen LogP contribution >= 0.6 is 11.3 Å². The molecule has 1 heterocycles. The highest BCUT2D eigenvalue weighted by atomic mass is 32.1. The smallest absolute Gasteiger partial charge is 0.177 e. The van der Waals surface area contributed by atoms with Crippen molar-refractivity contribution >= 4 is 17.1 Å². The SMILES string of the molecule is Cc1ccc(C(=O)Cc2ccccc2C)s1. The van der Waals surface area contributed by atoms with Gasteiger partial charge in [-0.15, -0.1) is 11.3 Å². The maximum atomic E-state index is 12.0. The quantitative estimate of drug-likeness (QED) is 0.733. The van der Waals surface area contributed by atoms with Crippen LogP contribution in [0.15, 0.2) is 36.4 Å². The molecule has 0 fully saturated rings. The predicted octanol–water partition coefficient (Wildman–Crippen LogP) is 3.79. The Kier molecular flexibility index (Phi) is 3.20. The summed E-state index contributed by atoms with van der Waals surface area (Å²) in [6.07, 6.45) is 0.507. The van der Waals surface area contributed by atoms with E-state index in [0.29, 0.717) is 6.42 Å². The van der Waals surface area contributed by atoms with E-state index in [-0.39, 0.29) is 5.78 Å². The van der Waals surface area contributed by atoms with Crippen molar-refractivity contribution in [2.24, 2.45) is 0 Å². The minimum Gasteiger partial charge on any atom is -0.293 e. The zero-order valence-electron chi connectivity index (χ0n) is 9.49. The van der Waals surface area contributed by atoms with Gasteiger partial charge in [0.2, 0.25) is 0 Å². The standard InChI is InChI=1S/C14H14OS/c1-10-5-3-4-6-12(10)9-13(15)14-8-7-11(2)16-14/h3-8H,9H2,1-2H3. The van der Waals surface area contributed by atoms with Gasteiger partial charge in [0.15, 0.2) is 5.78 Å². The monoisotopic (exact) mass is 230 g/mol. The molecule has 0 atom stereocenters. The first-order valence-electron chi connectivity index (χ1n) is 5.31. The average molecular weight is 230 g/mol. The summed E-state index contributed by atoms with van der Waals surface area (Å²) in [4.78, 5) is 14.0. The van der Waals surface area contributed by atoms with Gasteiger partial charge in [0.25, 0.3) is 0 Å². The number of carbonyl (C=O) groups excluding carboxylic acids is 1. The Hall–Kier alpha value is -1.41. The fourth-order valence-corrected chi connectivity index (χ4v) is 2.46. The van der Waals surface area contributed by atoms with Gasteiger partial charge in [-0.2, -0.15) is 0 Å². The van der Waals surface area contributed by atoms with Gasteiger partial charge in [-0.1, -0.05) is 24.3 Å². The Morgan fingerprint density at radius 1 is 1.12 bits per heavy atom. The van der Waals surface area contributed by atoms with E-state index in [0.717, 1.165) is 10.4 Å². The summed E-state index contributed by atoms with van der Waals surface area (Å²) < 4.78 is 0. The lowest BCUT2D eigenvalue weighted by Gasteiger charge is -2.03. The third-order valence-corrected chi connectivity index (χ3v) is 3.67. The molecule has 0 N–H and O–H groups in total. The van der Waals surface area contributed by atoms with E-state index in [1.54, 1.807) is 11.3 Å². The van der Waals surface area contributed by atoms with Crippen LogP contribution in [-0.4, -0.2) is 5.78 Å². The third-order valence-electron chi connectivity index (χ3n) is 2.63. The molecule has 1 aromatic carbocycles. The van der Waals surface area contributed by atoms with Crippen LogP contribution in [0.3, 0.4) is 0 Å². The second kappa shape index (κ2) is 4.62. The van der Waals surface area contributed by atoms with Gasteiger partial charge in [0.1, 0.15) is 0 Å². The van der Waals surface area contributed by atoms with Crippen molar-refractivity contribution in [1.82, 2.24) is 0 Å². The summed E-state index contributed by atoms with van der Waals surface area (Å²) in [5.74, 6) is 0.215. The van der Waals surface area contributed by atoms with Crippen molar-refractivity contribution in [3.8, 4) is 0 Å². The number of hydrogen-bond acceptors (Lipinski definition) is 2. The van der Waals surface area contributed by atoms with Gasteiger partial charge in [-0.05, 0) is 37.1 Å². The molecule has 0 saturated heterocycles. The summed E-state index contributed by atoms with van der Waals surface area (Å²) in [6, 6.07) is 12.0. The number of carbonyl (C=O) groups is 1. The van der Waals surface area contributed by atoms with Crippen LogP contribution in [0.1, 0.15) is 25.7 Å². The molecule has 2 aromatic rings. The Morgan fingerprint density at radius 3 is 2.50 bits per heavy atom. The number of hydrogen-bond donors (Lipinski definition) is 0. The van der Waals surface area contributed by atoms with Crippen molar-refractivity contribution in [1.29, 1.82) is 0 Å². The van der Waals surface area contributed by atoms with E-state index in [1.807, 2.05) is 50.2 Å². The molecular formula is C14H14OS. The molecule has 0 aliphatic rings. The molecule has 1 aromatic heterocycles. The van der Waals surface area contributed by atoms with E-state index >= 15 is 0 Å². The number of aryl methyl sites for hydroxylation is 2. The molecule has 0 radical (unpaired) electrons. The number of rotatable bonds is 3. The van der Waals surface area contributed by atoms with E-state index in [9.17, 15) is 4.79 Å². The van der Waals surface area contributed by atoms with Crippen LogP contribution in [0.2, 0.25) is 0 Å². The zero-order chi connectivity index (χ0) is 11.5. The van der Waals surface area contributed by atoms with Crippen LogP contribution in [0.25, 0.3) is 0 Å². The average Bonchev–Trinajstić information content (AvgIpc) is 2.68. The van der Waals surface area contributed by atoms with Gasteiger partial charge in [-0.3, -0.25) is 4.79 Å². The number of thiophene rings is 1. The number of benzene rings is 1. The molecule has 2 rings (SSSR count). The Bertz CT molecular complexity index is 511. The normalized spacial score (nSPS) is 10.4. The summed E-state index contributed by atoms with van der Waals surface area (Å²) in [6.45, 7) is 4.07. The molecule has 2 heteroatoms. The number of Topliss-reactive ketones (excluding diaryl/α,β-unsaturated/α-hetero) is 1. The molecule has 16 heavy (non-hydrogen) atoms. The molecule has 0 spiro atoms. The summed E-state index contributed by atoms with van der Waals surface area (Å²) >= 11 is 1.57. The second-order valence-corrected chi connectivity index (χ2v) is 5.22. The van der Waals surface area contributed by atoms with Crippen LogP contribution in [0.4, 0.5) is 0 Å². The summed E-state index contributed by atoms with van der Waals surface area (Å²) in [7, 11) is 0. The van der Waals surface area contributed by atoms with Crippen molar-refractivity contribution in [2.45, 2.75) is 20.3 Å². The highest BCUT2D eigenvalue weighted by molar-refractivity contribution is 7.14. The Labute approximate surface area is 99.8 Å². The summed E-state index contributed by atoms with van der Waals surface area (Å²) in [5.41, 5.74) is 2.31. The highest BCUT2D eigenvalue weighted by Crippen LogP contribution is 2.18. The molecular weight excluding hydrogens is 216 g/mol. The summed E-state index contributed by atoms with van der Waals surface area (Å²) in [5, 5.41) is 0. The molecule has 0 unspecified atom stereocenters. The highest BCUT2D eigenvalue weighted by Gasteiger charge is 2.10. The molecule has 82 valence electrons. The fraction of sp³-hybridized carbons (Fsp3) is 0.214. The molecule has 0 bridgehead atoms. The minimum atomic E-state index is 0.215. The van der Waals surface area contributed by atoms with Crippen molar-refractivity contribution < 1.29 is 4.79 Å². The first kappa shape index (κ1) is 11.1. The Morgan fingerprint density at radius 2 is 1.88 bits per heavy atom. The van der Waals surface area contributed by atoms with Gasteiger partial charge in [0.05, 0.1) is 4.88 Å². The molecule has 0 saturated carbocycles. The van der Waals surface area contributed by atoms with Crippen LogP contribution in [-0.2, 0) is 6.42 Å². The van der Waals surface area contributed by atoms with Crippen LogP contribution in [0, 0.1) is 13.8 Å². The lowest BCUT2D eigenvalue weighted by molar-refractivity contribution is 0.0996. The first-order valence-corrected chi connectivity index (χ1v) is 6.12. The van der Waals surface area contributed by atoms with E-state index in [2.05, 4.69) is 0 Å². The van der Waals surface area contributed by atoms with Gasteiger partial charge >= 0.3 is 0 Å². The molecule has 1 nitrogen and oxygen atoms in total. The van der Waals surface area contributed by atoms with E-state index in [4.69, 9.17) is 0 Å². The van der Waals surface area contributed by atoms with Gasteiger partial charge in [0, 0.05) is 11.3 Å². The molecule has 0 aliphatic heterocycles. The van der Waals surface area contributed by atoms with E-state index < -0.39 is 0 Å². The van der Waals surface area contributed by atoms with Crippen molar-refractivity contribution in [3.63, 3.8) is 0 Å². The maximum absolute atomic E-state index is 12.0. The minimum absolute atomic E-state index is 0.215. The third kappa shape index (κ3) is 2.39. The molecule has 0 aliphatic carbocycles. The topological polar surface area (TPSA) is 17.1 Å². The lowest BCUT2D eigenvalue weighted by Crippen LogP contribution is -2.02. The number of ketones is 1. The maximum Gasteiger partial charge on any atom is 0.177 e. The Balaban J connectivity index is 2.17. The van der Waals surface area contributed by atoms with Crippen molar-refractivity contribution in [2.75, 3.05) is 0 Å². The molecule has 0 amide bonds. The van der Waals surface area contributed by atoms with Crippen LogP contribution in [0.5, 0.6) is 0 Å². The lowest BCUT2D eigenvalue weighted by atomic mass is 10.0. The largest absolute Gasteiger partial charge is 0.293 e. The predicted molar refractivity (Wildman–Crippen MR) is 68.3 cm³/mol. The van der Waals surface area contributed by atoms with Crippen molar-refractivity contribution in [3.05, 3.63) is 57.3 Å². The van der Waals surface area contributed by atoms with Crippen LogP contribution < -0.4 is 0 Å². The zero-order valence-corrected chi connectivity index (χ0v) is 10.3. The van der Waals surface area contributed by atoms with Gasteiger partial charge < -0.3 is 0 Å². The van der Waals surface area contributed by atoms with Gasteiger partial charge in [-0.25, -0.2) is 0 Å². The first-order chi connectivity index (χ1) is 7.66. The fourth-order valence-electron chi connectivity index (χ4n) is 1.65. The second-order valence-electron chi connectivity index (χ2n) is 3.94.